The van der Waals surface area contributed by atoms with Crippen molar-refractivity contribution < 1.29 is 27.3 Å². The lowest BCUT2D eigenvalue weighted by molar-refractivity contribution is -0.123. The topological polar surface area (TPSA) is 146 Å². The average Bonchev–Trinajstić information content (AvgIpc) is 3.61. The number of benzene rings is 2. The first-order valence-electron chi connectivity index (χ1n) is 12.0. The number of hydrogen-bond acceptors (Lipinski definition) is 8. The number of anilines is 1. The number of thioether (sulfide) groups is 1. The van der Waals surface area contributed by atoms with Crippen LogP contribution < -0.4 is 15.4 Å². The Bertz CT molecular complexity index is 1400. The molecule has 0 bridgehead atoms. The van der Waals surface area contributed by atoms with Gasteiger partial charge >= 0.3 is 16.4 Å². The number of nitrogens with one attached hydrogen (secondary N) is 3. The number of carbonyl (C=O) groups excluding carboxylic acids is 2. The Hall–Kier alpha value is -3.39. The number of ether oxygens (including phenoxy) is 1. The number of nitrogens with zero attached hydrogens (tertiary/aromatic N) is 1. The summed E-state index contributed by atoms with van der Waals surface area (Å²) in [4.78, 5) is 30.5. The molecular weight excluding hydrogens is 561 g/mol. The van der Waals surface area contributed by atoms with Gasteiger partial charge in [-0.05, 0) is 52.1 Å². The van der Waals surface area contributed by atoms with Crippen LogP contribution in [0.3, 0.4) is 0 Å². The normalized spacial score (nSPS) is 16.6. The van der Waals surface area contributed by atoms with Crippen LogP contribution in [0.1, 0.15) is 22.7 Å². The van der Waals surface area contributed by atoms with Crippen molar-refractivity contribution in [2.24, 2.45) is 4.99 Å². The Morgan fingerprint density at radius 2 is 1.77 bits per heavy atom. The van der Waals surface area contributed by atoms with E-state index in [1.54, 1.807) is 35.2 Å². The first-order chi connectivity index (χ1) is 18.7. The van der Waals surface area contributed by atoms with Crippen LogP contribution in [0.4, 0.5) is 10.5 Å². The number of methoxy groups -OCH3 is 1. The third kappa shape index (κ3) is 8.55. The summed E-state index contributed by atoms with van der Waals surface area (Å²) >= 11 is 3.17. The summed E-state index contributed by atoms with van der Waals surface area (Å²) in [5.41, 5.74) is 3.00. The smallest absolute Gasteiger partial charge is 0.407 e. The summed E-state index contributed by atoms with van der Waals surface area (Å²) in [6.07, 6.45) is -0.0764. The number of aliphatic imine (C=N–C) groups is 1. The number of thiophene rings is 1. The van der Waals surface area contributed by atoms with E-state index in [-0.39, 0.29) is 24.1 Å². The van der Waals surface area contributed by atoms with Crippen molar-refractivity contribution in [1.82, 2.24) is 10.6 Å². The summed E-state index contributed by atoms with van der Waals surface area (Å²) in [6.45, 7) is 0. The quantitative estimate of drug-likeness (QED) is 0.249. The van der Waals surface area contributed by atoms with Crippen molar-refractivity contribution in [1.29, 1.82) is 0 Å². The molecule has 3 aromatic rings. The van der Waals surface area contributed by atoms with Gasteiger partial charge in [0.1, 0.15) is 6.04 Å². The van der Waals surface area contributed by atoms with E-state index in [1.807, 2.05) is 46.5 Å². The summed E-state index contributed by atoms with van der Waals surface area (Å²) in [5.74, 6) is 0.352. The molecule has 1 unspecified atom stereocenters. The fraction of sp³-hybridized carbons (Fsp3) is 0.269. The van der Waals surface area contributed by atoms with Crippen LogP contribution in [0, 0.1) is 0 Å². The molecule has 4 N–H and O–H groups in total. The van der Waals surface area contributed by atoms with Gasteiger partial charge in [-0.25, -0.2) is 4.79 Å². The molecule has 39 heavy (non-hydrogen) atoms. The van der Waals surface area contributed by atoms with Crippen molar-refractivity contribution in [3.63, 3.8) is 0 Å². The van der Waals surface area contributed by atoms with Gasteiger partial charge in [-0.15, -0.1) is 11.8 Å². The van der Waals surface area contributed by atoms with E-state index in [0.717, 1.165) is 27.5 Å². The van der Waals surface area contributed by atoms with E-state index in [0.29, 0.717) is 6.42 Å². The molecule has 0 aliphatic carbocycles. The maximum Gasteiger partial charge on any atom is 0.407 e. The van der Waals surface area contributed by atoms with Crippen LogP contribution in [-0.4, -0.2) is 55.0 Å². The molecule has 2 aromatic carbocycles. The minimum atomic E-state index is -4.39. The molecule has 2 amide bonds. The number of hydrogen-bond donors (Lipinski definition) is 4. The van der Waals surface area contributed by atoms with Crippen molar-refractivity contribution >= 4 is 56.1 Å². The van der Waals surface area contributed by atoms with Gasteiger partial charge in [0.15, 0.2) is 0 Å². The third-order valence-electron chi connectivity index (χ3n) is 5.93. The summed E-state index contributed by atoms with van der Waals surface area (Å²) in [5, 5.41) is 10.5. The zero-order valence-electron chi connectivity index (χ0n) is 20.9. The summed E-state index contributed by atoms with van der Waals surface area (Å²) < 4.78 is 38.0. The van der Waals surface area contributed by atoms with Gasteiger partial charge in [0.05, 0.1) is 29.9 Å². The second-order valence-corrected chi connectivity index (χ2v) is 11.7. The van der Waals surface area contributed by atoms with E-state index in [9.17, 15) is 18.0 Å². The predicted octanol–water partition coefficient (Wildman–Crippen LogP) is 3.84. The number of alkyl carbamates (subject to hydrolysis) is 1. The monoisotopic (exact) mass is 588 g/mol. The SMILES string of the molecule is COC(=O)N[C@@H](Cc1ccccc1)C(=O)N[C@@H](Cc1ccc(NS(=O)(=O)O)cc1)C1=NC(c2ccsc2)CS1. The molecule has 0 fully saturated rings. The molecule has 1 aliphatic rings. The Labute approximate surface area is 235 Å². The van der Waals surface area contributed by atoms with Gasteiger partial charge in [-0.3, -0.25) is 19.1 Å². The average molecular weight is 589 g/mol. The first kappa shape index (κ1) is 28.6. The summed E-state index contributed by atoms with van der Waals surface area (Å²) in [7, 11) is -3.15. The molecule has 1 aliphatic heterocycles. The molecule has 0 spiro atoms. The zero-order valence-corrected chi connectivity index (χ0v) is 23.4. The number of amides is 2. The molecule has 1 aromatic heterocycles. The Kier molecular flexibility index (Phi) is 9.62. The second-order valence-electron chi connectivity index (χ2n) is 8.77. The van der Waals surface area contributed by atoms with E-state index in [4.69, 9.17) is 14.3 Å². The molecule has 3 atom stereocenters. The lowest BCUT2D eigenvalue weighted by Gasteiger charge is -2.23. The van der Waals surface area contributed by atoms with Gasteiger partial charge in [0.2, 0.25) is 5.91 Å². The fourth-order valence-corrected chi connectivity index (χ4v) is 6.33. The fourth-order valence-electron chi connectivity index (χ4n) is 4.04. The van der Waals surface area contributed by atoms with E-state index in [1.165, 1.54) is 19.2 Å². The highest BCUT2D eigenvalue weighted by Gasteiger charge is 2.30. The van der Waals surface area contributed by atoms with Crippen LogP contribution in [0.5, 0.6) is 0 Å². The van der Waals surface area contributed by atoms with Crippen LogP contribution in [0.2, 0.25) is 0 Å². The molecule has 0 saturated heterocycles. The standard InChI is InChI=1S/C26H28N4O6S3/c1-36-26(32)29-21(13-17-5-3-2-4-6-17)24(31)27-22(25-28-23(16-38-25)19-11-12-37-15-19)14-18-7-9-20(10-8-18)30-39(33,34)35/h2-12,15,21-23,30H,13-14,16H2,1H3,(H,27,31)(H,29,32)(H,33,34,35)/t21-,22-,23?/m0/s1. The zero-order chi connectivity index (χ0) is 27.8. The van der Waals surface area contributed by atoms with Crippen molar-refractivity contribution in [2.45, 2.75) is 31.0 Å². The van der Waals surface area contributed by atoms with Gasteiger partial charge in [-0.1, -0.05) is 42.5 Å². The summed E-state index contributed by atoms with van der Waals surface area (Å²) in [6, 6.07) is 16.4. The lowest BCUT2D eigenvalue weighted by Crippen LogP contribution is -2.52. The molecule has 2 heterocycles. The maximum atomic E-state index is 13.5. The molecule has 4 rings (SSSR count). The minimum Gasteiger partial charge on any atom is -0.453 e. The van der Waals surface area contributed by atoms with E-state index in [2.05, 4.69) is 16.0 Å². The second kappa shape index (κ2) is 13.1. The van der Waals surface area contributed by atoms with Crippen molar-refractivity contribution in [3.8, 4) is 0 Å². The van der Waals surface area contributed by atoms with Crippen LogP contribution in [0.25, 0.3) is 0 Å². The van der Waals surface area contributed by atoms with Gasteiger partial charge in [0, 0.05) is 12.2 Å². The highest BCUT2D eigenvalue weighted by Crippen LogP contribution is 2.33. The Morgan fingerprint density at radius 1 is 1.05 bits per heavy atom. The van der Waals surface area contributed by atoms with Gasteiger partial charge in [-0.2, -0.15) is 19.8 Å². The molecule has 10 nitrogen and oxygen atoms in total. The van der Waals surface area contributed by atoms with Gasteiger partial charge in [0.25, 0.3) is 0 Å². The van der Waals surface area contributed by atoms with E-state index >= 15 is 0 Å². The van der Waals surface area contributed by atoms with Crippen LogP contribution in [0.15, 0.2) is 76.4 Å². The molecule has 0 radical (unpaired) electrons. The third-order valence-corrected chi connectivity index (χ3v) is 8.30. The van der Waals surface area contributed by atoms with E-state index < -0.39 is 28.5 Å². The molecular formula is C26H28N4O6S3. The predicted molar refractivity (Wildman–Crippen MR) is 154 cm³/mol. The van der Waals surface area contributed by atoms with Gasteiger partial charge < -0.3 is 15.4 Å². The lowest BCUT2D eigenvalue weighted by atomic mass is 10.0. The van der Waals surface area contributed by atoms with Crippen molar-refractivity contribution in [2.75, 3.05) is 17.6 Å². The highest BCUT2D eigenvalue weighted by atomic mass is 32.2. The Morgan fingerprint density at radius 3 is 2.41 bits per heavy atom. The minimum absolute atomic E-state index is 0.0229. The molecule has 0 saturated carbocycles. The Balaban J connectivity index is 1.56. The first-order valence-corrected chi connectivity index (χ1v) is 15.3. The van der Waals surface area contributed by atoms with Crippen LogP contribution in [-0.2, 0) is 32.7 Å². The van der Waals surface area contributed by atoms with Crippen LogP contribution >= 0.6 is 23.1 Å². The largest absolute Gasteiger partial charge is 0.453 e. The maximum absolute atomic E-state index is 13.5. The molecule has 13 heteroatoms. The number of rotatable bonds is 11. The molecule has 206 valence electrons. The highest BCUT2D eigenvalue weighted by molar-refractivity contribution is 8.14. The van der Waals surface area contributed by atoms with Crippen molar-refractivity contribution in [3.05, 3.63) is 88.1 Å². The number of carbonyl (C=O) groups is 2.